The van der Waals surface area contributed by atoms with Gasteiger partial charge in [0.1, 0.15) is 5.76 Å². The minimum Gasteiger partial charge on any atom is -0.505 e. The highest BCUT2D eigenvalue weighted by Gasteiger charge is 2.36. The number of ether oxygens (including phenoxy) is 1. The van der Waals surface area contributed by atoms with Crippen molar-refractivity contribution in [2.75, 3.05) is 7.11 Å². The quantitative estimate of drug-likeness (QED) is 0.766. The molecule has 0 saturated heterocycles. The second-order valence-corrected chi connectivity index (χ2v) is 5.38. The number of furan rings is 1. The molecule has 1 aliphatic rings. The van der Waals surface area contributed by atoms with Crippen molar-refractivity contribution in [2.24, 2.45) is 5.41 Å². The topological polar surface area (TPSA) is 39.4 Å². The van der Waals surface area contributed by atoms with E-state index in [-0.39, 0.29) is 11.7 Å². The van der Waals surface area contributed by atoms with E-state index in [4.69, 9.17) is 9.15 Å². The van der Waals surface area contributed by atoms with Crippen LogP contribution in [0, 0.1) is 5.41 Å². The third-order valence-electron chi connectivity index (χ3n) is 3.61. The Hall–Kier alpha value is -1.51. The van der Waals surface area contributed by atoms with Gasteiger partial charge in [-0.2, -0.15) is 0 Å². The van der Waals surface area contributed by atoms with E-state index in [2.05, 4.69) is 0 Å². The molecule has 1 aromatic heterocycles. The van der Waals surface area contributed by atoms with Gasteiger partial charge in [0.15, 0.2) is 5.78 Å². The zero-order valence-corrected chi connectivity index (χ0v) is 11.2. The SMILES string of the molecule is CO/C=C/C(C)(C)C(=O)C1CCCc2ccoc21. The molecule has 3 nitrogen and oxygen atoms in total. The first-order valence-corrected chi connectivity index (χ1v) is 6.37. The van der Waals surface area contributed by atoms with Crippen LogP contribution in [0.1, 0.15) is 43.9 Å². The van der Waals surface area contributed by atoms with Gasteiger partial charge in [-0.25, -0.2) is 0 Å². The van der Waals surface area contributed by atoms with Crippen LogP contribution in [0.15, 0.2) is 29.1 Å². The summed E-state index contributed by atoms with van der Waals surface area (Å²) in [6.07, 6.45) is 8.02. The molecule has 0 amide bonds. The van der Waals surface area contributed by atoms with Gasteiger partial charge in [0, 0.05) is 5.41 Å². The number of fused-ring (bicyclic) bond motifs is 1. The highest BCUT2D eigenvalue weighted by atomic mass is 16.5. The average molecular weight is 248 g/mol. The number of hydrogen-bond donors (Lipinski definition) is 0. The van der Waals surface area contributed by atoms with Crippen molar-refractivity contribution >= 4 is 5.78 Å². The minimum absolute atomic E-state index is 0.111. The smallest absolute Gasteiger partial charge is 0.152 e. The zero-order chi connectivity index (χ0) is 13.2. The maximum Gasteiger partial charge on any atom is 0.152 e. The van der Waals surface area contributed by atoms with Gasteiger partial charge in [-0.05, 0) is 50.8 Å². The fourth-order valence-corrected chi connectivity index (χ4v) is 2.51. The predicted molar refractivity (Wildman–Crippen MR) is 69.3 cm³/mol. The maximum atomic E-state index is 12.6. The Labute approximate surface area is 108 Å². The highest BCUT2D eigenvalue weighted by molar-refractivity contribution is 5.91. The number of carbonyl (C=O) groups excluding carboxylic acids is 1. The molecule has 2 rings (SSSR count). The van der Waals surface area contributed by atoms with Crippen molar-refractivity contribution in [2.45, 2.75) is 39.0 Å². The third-order valence-corrected chi connectivity index (χ3v) is 3.61. The van der Waals surface area contributed by atoms with Crippen molar-refractivity contribution < 1.29 is 13.9 Å². The van der Waals surface area contributed by atoms with Gasteiger partial charge in [0.2, 0.25) is 0 Å². The van der Waals surface area contributed by atoms with E-state index in [1.54, 1.807) is 19.6 Å². The molecule has 0 N–H and O–H groups in total. The molecule has 98 valence electrons. The Bertz CT molecular complexity index is 454. The average Bonchev–Trinajstić information content (AvgIpc) is 2.83. The molecular weight excluding hydrogens is 228 g/mol. The molecule has 1 unspecified atom stereocenters. The van der Waals surface area contributed by atoms with Crippen LogP contribution >= 0.6 is 0 Å². The fourth-order valence-electron chi connectivity index (χ4n) is 2.51. The normalized spacial score (nSPS) is 19.8. The number of carbonyl (C=O) groups is 1. The minimum atomic E-state index is -0.526. The van der Waals surface area contributed by atoms with E-state index in [0.717, 1.165) is 25.0 Å². The van der Waals surface area contributed by atoms with Crippen LogP contribution in [0.4, 0.5) is 0 Å². The number of rotatable bonds is 4. The summed E-state index contributed by atoms with van der Waals surface area (Å²) in [5, 5.41) is 0. The number of allylic oxidation sites excluding steroid dienone is 1. The summed E-state index contributed by atoms with van der Waals surface area (Å²) in [6, 6.07) is 1.98. The van der Waals surface area contributed by atoms with Gasteiger partial charge >= 0.3 is 0 Å². The predicted octanol–water partition coefficient (Wildman–Crippen LogP) is 3.45. The van der Waals surface area contributed by atoms with E-state index in [0.29, 0.717) is 0 Å². The zero-order valence-electron chi connectivity index (χ0n) is 11.2. The van der Waals surface area contributed by atoms with Gasteiger partial charge in [-0.15, -0.1) is 0 Å². The molecule has 0 radical (unpaired) electrons. The van der Waals surface area contributed by atoms with Crippen molar-refractivity contribution in [1.29, 1.82) is 0 Å². The monoisotopic (exact) mass is 248 g/mol. The molecule has 0 saturated carbocycles. The van der Waals surface area contributed by atoms with Crippen LogP contribution in [0.2, 0.25) is 0 Å². The molecule has 0 aromatic carbocycles. The summed E-state index contributed by atoms with van der Waals surface area (Å²) in [5.41, 5.74) is 0.661. The summed E-state index contributed by atoms with van der Waals surface area (Å²) < 4.78 is 10.4. The molecule has 1 aromatic rings. The molecule has 0 aliphatic heterocycles. The standard InChI is InChI=1S/C15H20O3/c1-15(2,8-10-17-3)14(16)12-6-4-5-11-7-9-18-13(11)12/h7-10,12H,4-6H2,1-3H3/b10-8+. The van der Waals surface area contributed by atoms with Crippen LogP contribution in [0.5, 0.6) is 0 Å². The van der Waals surface area contributed by atoms with E-state index in [1.165, 1.54) is 5.56 Å². The van der Waals surface area contributed by atoms with Crippen LogP contribution < -0.4 is 0 Å². The Morgan fingerprint density at radius 1 is 1.56 bits per heavy atom. The summed E-state index contributed by atoms with van der Waals surface area (Å²) in [4.78, 5) is 12.6. The number of aryl methyl sites for hydroxylation is 1. The summed E-state index contributed by atoms with van der Waals surface area (Å²) >= 11 is 0. The highest BCUT2D eigenvalue weighted by Crippen LogP contribution is 2.38. The molecule has 18 heavy (non-hydrogen) atoms. The van der Waals surface area contributed by atoms with Gasteiger partial charge in [0.05, 0.1) is 25.6 Å². The van der Waals surface area contributed by atoms with Crippen LogP contribution in [-0.2, 0) is 16.0 Å². The van der Waals surface area contributed by atoms with E-state index in [9.17, 15) is 4.79 Å². The lowest BCUT2D eigenvalue weighted by molar-refractivity contribution is -0.127. The first-order chi connectivity index (χ1) is 8.56. The molecule has 0 bridgehead atoms. The second-order valence-electron chi connectivity index (χ2n) is 5.38. The maximum absolute atomic E-state index is 12.6. The van der Waals surface area contributed by atoms with Crippen molar-refractivity contribution in [1.82, 2.24) is 0 Å². The summed E-state index contributed by atoms with van der Waals surface area (Å²) in [5.74, 6) is 0.956. The van der Waals surface area contributed by atoms with Gasteiger partial charge in [-0.3, -0.25) is 4.79 Å². The Morgan fingerprint density at radius 2 is 2.33 bits per heavy atom. The van der Waals surface area contributed by atoms with Crippen LogP contribution in [0.3, 0.4) is 0 Å². The Morgan fingerprint density at radius 3 is 3.06 bits per heavy atom. The molecular formula is C15H20O3. The summed E-state index contributed by atoms with van der Waals surface area (Å²) in [7, 11) is 1.59. The van der Waals surface area contributed by atoms with Crippen molar-refractivity contribution in [3.8, 4) is 0 Å². The van der Waals surface area contributed by atoms with Gasteiger partial charge in [-0.1, -0.05) is 0 Å². The van der Waals surface area contributed by atoms with E-state index < -0.39 is 5.41 Å². The van der Waals surface area contributed by atoms with Crippen LogP contribution in [0.25, 0.3) is 0 Å². The largest absolute Gasteiger partial charge is 0.505 e. The Balaban J connectivity index is 2.23. The molecule has 0 fully saturated rings. The lowest BCUT2D eigenvalue weighted by Crippen LogP contribution is -2.29. The van der Waals surface area contributed by atoms with Gasteiger partial charge < -0.3 is 9.15 Å². The number of hydrogen-bond acceptors (Lipinski definition) is 3. The van der Waals surface area contributed by atoms with E-state index in [1.807, 2.05) is 26.0 Å². The molecule has 0 spiro atoms. The van der Waals surface area contributed by atoms with Crippen molar-refractivity contribution in [3.63, 3.8) is 0 Å². The molecule has 1 atom stereocenters. The Kier molecular flexibility index (Phi) is 3.60. The summed E-state index contributed by atoms with van der Waals surface area (Å²) in [6.45, 7) is 3.84. The molecule has 1 aliphatic carbocycles. The fraction of sp³-hybridized carbons (Fsp3) is 0.533. The van der Waals surface area contributed by atoms with Crippen molar-refractivity contribution in [3.05, 3.63) is 36.0 Å². The number of Topliss-reactive ketones (excluding diaryl/α,β-unsaturated/α-hetero) is 1. The third kappa shape index (κ3) is 2.35. The first-order valence-electron chi connectivity index (χ1n) is 6.37. The molecule has 1 heterocycles. The van der Waals surface area contributed by atoms with Crippen LogP contribution in [-0.4, -0.2) is 12.9 Å². The lowest BCUT2D eigenvalue weighted by atomic mass is 9.75. The number of ketones is 1. The molecule has 3 heteroatoms. The van der Waals surface area contributed by atoms with E-state index >= 15 is 0 Å². The van der Waals surface area contributed by atoms with Gasteiger partial charge in [0.25, 0.3) is 0 Å². The second kappa shape index (κ2) is 5.01. The first kappa shape index (κ1) is 12.9. The lowest BCUT2D eigenvalue weighted by Gasteiger charge is -2.27. The number of methoxy groups -OCH3 is 1.